The second-order valence-corrected chi connectivity index (χ2v) is 5.35. The lowest BCUT2D eigenvalue weighted by Crippen LogP contribution is -2.32. The van der Waals surface area contributed by atoms with Crippen LogP contribution in [-0.4, -0.2) is 22.2 Å². The van der Waals surface area contributed by atoms with Gasteiger partial charge in [-0.2, -0.15) is 18.3 Å². The molecule has 1 N–H and O–H groups in total. The number of hydrogen-bond acceptors (Lipinski definition) is 2. The summed E-state index contributed by atoms with van der Waals surface area (Å²) in [6.45, 7) is 5.20. The monoisotopic (exact) mass is 321 g/mol. The van der Waals surface area contributed by atoms with Gasteiger partial charge in [-0.15, -0.1) is 6.58 Å². The summed E-state index contributed by atoms with van der Waals surface area (Å²) < 4.78 is 39.9. The van der Waals surface area contributed by atoms with E-state index >= 15 is 0 Å². The van der Waals surface area contributed by atoms with Gasteiger partial charge in [0.15, 0.2) is 5.69 Å². The molecule has 1 aromatic rings. The minimum Gasteiger partial charge on any atom is -0.351 e. The van der Waals surface area contributed by atoms with Crippen molar-refractivity contribution in [3.63, 3.8) is 0 Å². The van der Waals surface area contributed by atoms with Crippen molar-refractivity contribution in [2.75, 3.05) is 6.54 Å². The van der Waals surface area contributed by atoms with E-state index in [1.54, 1.807) is 0 Å². The maximum absolute atomic E-state index is 12.9. The molecule has 1 saturated carbocycles. The Hall–Kier alpha value is -1.50. The van der Waals surface area contributed by atoms with Crippen LogP contribution in [0.5, 0.6) is 0 Å². The van der Waals surface area contributed by atoms with E-state index in [9.17, 15) is 18.0 Å². The molecule has 0 radical (unpaired) electrons. The van der Waals surface area contributed by atoms with E-state index in [-0.39, 0.29) is 12.5 Å². The Morgan fingerprint density at radius 3 is 2.71 bits per heavy atom. The van der Waals surface area contributed by atoms with E-state index < -0.39 is 28.8 Å². The number of carbonyl (C=O) groups excluding carboxylic acids is 1. The minimum atomic E-state index is -4.64. The fourth-order valence-corrected chi connectivity index (χ4v) is 2.44. The van der Waals surface area contributed by atoms with Crippen LogP contribution in [-0.2, 0) is 11.0 Å². The Morgan fingerprint density at radius 1 is 1.62 bits per heavy atom. The van der Waals surface area contributed by atoms with Crippen molar-refractivity contribution in [3.8, 4) is 0 Å². The molecule has 1 aromatic heterocycles. The average Bonchev–Trinajstić information content (AvgIpc) is 3.17. The molecule has 1 aliphatic carbocycles. The second-order valence-electron chi connectivity index (χ2n) is 4.97. The quantitative estimate of drug-likeness (QED) is 0.846. The lowest BCUT2D eigenvalue weighted by atomic mass is 10.2. The highest BCUT2D eigenvalue weighted by molar-refractivity contribution is 6.32. The van der Waals surface area contributed by atoms with Gasteiger partial charge < -0.3 is 5.32 Å². The van der Waals surface area contributed by atoms with Crippen LogP contribution >= 0.6 is 11.6 Å². The molecule has 1 aliphatic rings. The van der Waals surface area contributed by atoms with Crippen molar-refractivity contribution in [2.24, 2.45) is 0 Å². The van der Waals surface area contributed by atoms with E-state index in [1.807, 2.05) is 0 Å². The maximum atomic E-state index is 12.9. The van der Waals surface area contributed by atoms with Gasteiger partial charge >= 0.3 is 6.18 Å². The minimum absolute atomic E-state index is 0.0595. The molecule has 2 rings (SSSR count). The summed E-state index contributed by atoms with van der Waals surface area (Å²) in [6, 6.07) is -0.867. The van der Waals surface area contributed by atoms with E-state index in [0.717, 1.165) is 17.5 Å². The van der Waals surface area contributed by atoms with Crippen molar-refractivity contribution in [3.05, 3.63) is 29.1 Å². The van der Waals surface area contributed by atoms with Crippen LogP contribution in [0.2, 0.25) is 5.02 Å². The Bertz CT molecular complexity index is 564. The van der Waals surface area contributed by atoms with Gasteiger partial charge in [0.1, 0.15) is 6.04 Å². The molecule has 0 aliphatic heterocycles. The molecule has 4 nitrogen and oxygen atoms in total. The molecule has 1 fully saturated rings. The molecule has 116 valence electrons. The average molecular weight is 322 g/mol. The summed E-state index contributed by atoms with van der Waals surface area (Å²) in [4.78, 5) is 11.9. The fourth-order valence-electron chi connectivity index (χ4n) is 2.06. The largest absolute Gasteiger partial charge is 0.436 e. The Morgan fingerprint density at radius 2 is 2.24 bits per heavy atom. The highest BCUT2D eigenvalue weighted by Crippen LogP contribution is 2.47. The number of carbonyl (C=O) groups is 1. The first kappa shape index (κ1) is 15.9. The third-order valence-electron chi connectivity index (χ3n) is 3.29. The van der Waals surface area contributed by atoms with Gasteiger partial charge in [0, 0.05) is 12.5 Å². The van der Waals surface area contributed by atoms with Gasteiger partial charge in [-0.05, 0) is 19.8 Å². The predicted octanol–water partition coefficient (Wildman–Crippen LogP) is 3.30. The van der Waals surface area contributed by atoms with Crippen LogP contribution in [0.25, 0.3) is 0 Å². The topological polar surface area (TPSA) is 46.9 Å². The number of hydrogen-bond donors (Lipinski definition) is 1. The van der Waals surface area contributed by atoms with E-state index in [1.165, 1.54) is 13.0 Å². The van der Waals surface area contributed by atoms with Crippen molar-refractivity contribution in [1.29, 1.82) is 0 Å². The number of rotatable bonds is 5. The van der Waals surface area contributed by atoms with Crippen molar-refractivity contribution in [2.45, 2.75) is 37.9 Å². The zero-order valence-electron chi connectivity index (χ0n) is 11.4. The van der Waals surface area contributed by atoms with Gasteiger partial charge in [-0.3, -0.25) is 9.48 Å². The summed E-state index contributed by atoms with van der Waals surface area (Å²) in [6.07, 6.45) is -1.64. The molecule has 0 saturated heterocycles. The predicted molar refractivity (Wildman–Crippen MR) is 72.1 cm³/mol. The number of nitrogens with zero attached hydrogens (tertiary/aromatic N) is 2. The van der Waals surface area contributed by atoms with Crippen molar-refractivity contribution < 1.29 is 18.0 Å². The summed E-state index contributed by atoms with van der Waals surface area (Å²) in [5.41, 5.74) is -0.834. The molecule has 0 aromatic carbocycles. The number of amides is 1. The Labute approximate surface area is 125 Å². The lowest BCUT2D eigenvalue weighted by molar-refractivity contribution is -0.141. The second kappa shape index (κ2) is 5.71. The van der Waals surface area contributed by atoms with Gasteiger partial charge in [-0.25, -0.2) is 0 Å². The first-order chi connectivity index (χ1) is 9.77. The molecular formula is C13H15ClF3N3O. The van der Waals surface area contributed by atoms with Crippen molar-refractivity contribution >= 4 is 17.5 Å². The van der Waals surface area contributed by atoms with Gasteiger partial charge in [0.05, 0.1) is 10.7 Å². The first-order valence-electron chi connectivity index (χ1n) is 6.51. The SMILES string of the molecule is C=CCNC(=O)[C@H](C)n1nc(C(F)(F)F)c(Cl)c1C1CC1. The Balaban J connectivity index is 2.38. The van der Waals surface area contributed by atoms with E-state index in [4.69, 9.17) is 11.6 Å². The lowest BCUT2D eigenvalue weighted by Gasteiger charge is -2.15. The molecule has 21 heavy (non-hydrogen) atoms. The number of halogens is 4. The zero-order valence-corrected chi connectivity index (χ0v) is 12.1. The van der Waals surface area contributed by atoms with Crippen LogP contribution in [0, 0.1) is 0 Å². The first-order valence-corrected chi connectivity index (χ1v) is 6.88. The molecule has 1 heterocycles. The smallest absolute Gasteiger partial charge is 0.351 e. The molecule has 8 heteroatoms. The van der Waals surface area contributed by atoms with Crippen LogP contribution in [0.1, 0.15) is 43.1 Å². The van der Waals surface area contributed by atoms with Gasteiger partial charge in [-0.1, -0.05) is 17.7 Å². The third kappa shape index (κ3) is 3.23. The van der Waals surface area contributed by atoms with Gasteiger partial charge in [0.2, 0.25) is 5.91 Å². The Kier molecular flexibility index (Phi) is 4.32. The van der Waals surface area contributed by atoms with E-state index in [0.29, 0.717) is 5.69 Å². The molecule has 0 unspecified atom stereocenters. The molecule has 0 spiro atoms. The summed E-state index contributed by atoms with van der Waals surface area (Å²) in [7, 11) is 0. The van der Waals surface area contributed by atoms with Crippen LogP contribution in [0.15, 0.2) is 12.7 Å². The number of nitrogens with one attached hydrogen (secondary N) is 1. The molecule has 1 atom stereocenters. The van der Waals surface area contributed by atoms with Crippen LogP contribution < -0.4 is 5.32 Å². The van der Waals surface area contributed by atoms with E-state index in [2.05, 4.69) is 17.0 Å². The summed E-state index contributed by atoms with van der Waals surface area (Å²) in [5, 5.41) is 5.69. The van der Waals surface area contributed by atoms with Crippen LogP contribution in [0.4, 0.5) is 13.2 Å². The molecular weight excluding hydrogens is 307 g/mol. The summed E-state index contributed by atoms with van der Waals surface area (Å²) in [5.74, 6) is -0.486. The van der Waals surface area contributed by atoms with Crippen LogP contribution in [0.3, 0.4) is 0 Å². The summed E-state index contributed by atoms with van der Waals surface area (Å²) >= 11 is 5.85. The third-order valence-corrected chi connectivity index (χ3v) is 3.66. The fraction of sp³-hybridized carbons (Fsp3) is 0.538. The van der Waals surface area contributed by atoms with Crippen molar-refractivity contribution in [1.82, 2.24) is 15.1 Å². The highest BCUT2D eigenvalue weighted by Gasteiger charge is 2.43. The maximum Gasteiger partial charge on any atom is 0.436 e. The zero-order chi connectivity index (χ0) is 15.8. The molecule has 1 amide bonds. The molecule has 0 bridgehead atoms. The highest BCUT2D eigenvalue weighted by atomic mass is 35.5. The number of aromatic nitrogens is 2. The number of alkyl halides is 3. The standard InChI is InChI=1S/C13H15ClF3N3O/c1-3-6-18-12(21)7(2)20-10(8-4-5-8)9(14)11(19-20)13(15,16)17/h3,7-8H,1,4-6H2,2H3,(H,18,21)/t7-/m0/s1. The van der Waals surface area contributed by atoms with Gasteiger partial charge in [0.25, 0.3) is 0 Å². The normalized spacial score (nSPS) is 16.6.